The first-order valence-electron chi connectivity index (χ1n) is 9.85. The summed E-state index contributed by atoms with van der Waals surface area (Å²) in [6.07, 6.45) is -4.02. The van der Waals surface area contributed by atoms with Crippen LogP contribution < -0.4 is 9.47 Å². The highest BCUT2D eigenvalue weighted by molar-refractivity contribution is 5.78. The first-order chi connectivity index (χ1) is 15.1. The molecule has 2 aliphatic rings. The lowest BCUT2D eigenvalue weighted by molar-refractivity contribution is -0.246. The van der Waals surface area contributed by atoms with E-state index in [1.807, 2.05) is 0 Å². The van der Waals surface area contributed by atoms with Crippen LogP contribution in [0.1, 0.15) is 38.1 Å². The number of esters is 3. The van der Waals surface area contributed by atoms with Gasteiger partial charge in [0.1, 0.15) is 6.29 Å². The molecule has 0 aliphatic carbocycles. The first kappa shape index (κ1) is 23.6. The van der Waals surface area contributed by atoms with Gasteiger partial charge in [0.15, 0.2) is 29.5 Å². The van der Waals surface area contributed by atoms with Crippen molar-refractivity contribution >= 4 is 24.2 Å². The van der Waals surface area contributed by atoms with Crippen LogP contribution >= 0.6 is 0 Å². The monoisotopic (exact) mass is 452 g/mol. The lowest BCUT2D eigenvalue weighted by atomic mass is 10.0. The molecule has 2 aliphatic heterocycles. The minimum Gasteiger partial charge on any atom is -0.457 e. The minimum absolute atomic E-state index is 0.0357. The van der Waals surface area contributed by atoms with Crippen LogP contribution in [0.15, 0.2) is 18.2 Å². The van der Waals surface area contributed by atoms with E-state index < -0.39 is 48.3 Å². The van der Waals surface area contributed by atoms with E-state index in [-0.39, 0.29) is 30.3 Å². The van der Waals surface area contributed by atoms with Crippen molar-refractivity contribution in [2.45, 2.75) is 58.1 Å². The van der Waals surface area contributed by atoms with Gasteiger partial charge in [-0.05, 0) is 25.1 Å². The van der Waals surface area contributed by atoms with Gasteiger partial charge in [-0.1, -0.05) is 0 Å². The first-order valence-corrected chi connectivity index (χ1v) is 9.85. The smallest absolute Gasteiger partial charge is 0.308 e. The zero-order valence-corrected chi connectivity index (χ0v) is 18.0. The minimum atomic E-state index is -1.29. The summed E-state index contributed by atoms with van der Waals surface area (Å²) in [4.78, 5) is 46.2. The number of aldehydes is 1. The SMILES string of the molecule is CC(=O)Oc1cc(C=O)ccc1O[C@@H]1O[C@H](C2(C)OCCO2)[C@@H](OC(C)=O)[C@@H]1OC(C)=O. The lowest BCUT2D eigenvalue weighted by Gasteiger charge is -2.32. The molecule has 174 valence electrons. The Bertz CT molecular complexity index is 890. The largest absolute Gasteiger partial charge is 0.457 e. The average Bonchev–Trinajstić information content (AvgIpc) is 3.28. The molecular formula is C21H24O11. The molecular weight excluding hydrogens is 428 g/mol. The van der Waals surface area contributed by atoms with E-state index in [0.717, 1.165) is 0 Å². The fraction of sp³-hybridized carbons (Fsp3) is 0.524. The second-order valence-corrected chi connectivity index (χ2v) is 7.32. The van der Waals surface area contributed by atoms with Crippen molar-refractivity contribution in [3.63, 3.8) is 0 Å². The maximum atomic E-state index is 11.8. The average molecular weight is 452 g/mol. The zero-order chi connectivity index (χ0) is 23.5. The Morgan fingerprint density at radius 1 is 0.969 bits per heavy atom. The van der Waals surface area contributed by atoms with E-state index >= 15 is 0 Å². The van der Waals surface area contributed by atoms with Crippen molar-refractivity contribution in [1.82, 2.24) is 0 Å². The van der Waals surface area contributed by atoms with Crippen molar-refractivity contribution in [2.75, 3.05) is 13.2 Å². The fourth-order valence-electron chi connectivity index (χ4n) is 3.53. The summed E-state index contributed by atoms with van der Waals surface area (Å²) >= 11 is 0. The number of carbonyl (C=O) groups is 4. The van der Waals surface area contributed by atoms with Crippen LogP contribution in [0, 0.1) is 0 Å². The molecule has 0 radical (unpaired) electrons. The molecule has 3 rings (SSSR count). The lowest BCUT2D eigenvalue weighted by Crippen LogP contribution is -2.50. The number of hydrogen-bond acceptors (Lipinski definition) is 11. The van der Waals surface area contributed by atoms with Crippen molar-refractivity contribution in [2.24, 2.45) is 0 Å². The molecule has 4 atom stereocenters. The van der Waals surface area contributed by atoms with Gasteiger partial charge in [-0.3, -0.25) is 19.2 Å². The Hall–Kier alpha value is -3.02. The third-order valence-electron chi connectivity index (χ3n) is 4.75. The van der Waals surface area contributed by atoms with Crippen molar-refractivity contribution < 1.29 is 52.3 Å². The van der Waals surface area contributed by atoms with Crippen LogP contribution in [0.2, 0.25) is 0 Å². The van der Waals surface area contributed by atoms with Gasteiger partial charge in [-0.2, -0.15) is 0 Å². The molecule has 2 fully saturated rings. The Morgan fingerprint density at radius 2 is 1.59 bits per heavy atom. The molecule has 0 amide bonds. The third-order valence-corrected chi connectivity index (χ3v) is 4.75. The zero-order valence-electron chi connectivity index (χ0n) is 18.0. The van der Waals surface area contributed by atoms with Crippen LogP contribution in [-0.4, -0.2) is 67.8 Å². The van der Waals surface area contributed by atoms with Crippen LogP contribution in [0.3, 0.4) is 0 Å². The van der Waals surface area contributed by atoms with Gasteiger partial charge < -0.3 is 33.2 Å². The predicted molar refractivity (Wildman–Crippen MR) is 104 cm³/mol. The standard InChI is InChI=1S/C21H24O11/c1-11(23)28-16-9-14(10-22)5-6-15(16)31-20-18(30-13(3)25)17(29-12(2)24)19(32-20)21(4)26-7-8-27-21/h5-6,9-10,17-20H,7-8H2,1-4H3/t17-,18-,19-,20+/m0/s1. The molecule has 0 aromatic heterocycles. The summed E-state index contributed by atoms with van der Waals surface area (Å²) in [5.74, 6) is -3.25. The molecule has 0 spiro atoms. The van der Waals surface area contributed by atoms with E-state index in [0.29, 0.717) is 6.29 Å². The van der Waals surface area contributed by atoms with Gasteiger partial charge in [-0.15, -0.1) is 0 Å². The molecule has 1 aromatic carbocycles. The van der Waals surface area contributed by atoms with E-state index in [9.17, 15) is 19.2 Å². The molecule has 11 heteroatoms. The molecule has 0 saturated carbocycles. The second kappa shape index (κ2) is 9.63. The Balaban J connectivity index is 1.96. The molecule has 1 aromatic rings. The maximum Gasteiger partial charge on any atom is 0.308 e. The highest BCUT2D eigenvalue weighted by Gasteiger charge is 2.59. The van der Waals surface area contributed by atoms with Crippen molar-refractivity contribution in [1.29, 1.82) is 0 Å². The Morgan fingerprint density at radius 3 is 2.16 bits per heavy atom. The summed E-state index contributed by atoms with van der Waals surface area (Å²) < 4.78 is 39.0. The van der Waals surface area contributed by atoms with Crippen LogP contribution in [0.4, 0.5) is 0 Å². The highest BCUT2D eigenvalue weighted by Crippen LogP contribution is 2.40. The third kappa shape index (κ3) is 5.23. The maximum absolute atomic E-state index is 11.8. The van der Waals surface area contributed by atoms with Crippen molar-refractivity contribution in [3.8, 4) is 11.5 Å². The molecule has 32 heavy (non-hydrogen) atoms. The molecule has 2 saturated heterocycles. The Labute approximate surface area is 183 Å². The van der Waals surface area contributed by atoms with Gasteiger partial charge in [0.2, 0.25) is 12.4 Å². The van der Waals surface area contributed by atoms with E-state index in [1.165, 1.54) is 39.0 Å². The van der Waals surface area contributed by atoms with Gasteiger partial charge in [0.05, 0.1) is 13.2 Å². The van der Waals surface area contributed by atoms with Gasteiger partial charge in [0.25, 0.3) is 0 Å². The normalized spacial score (nSPS) is 26.2. The second-order valence-electron chi connectivity index (χ2n) is 7.32. The molecule has 0 bridgehead atoms. The summed E-state index contributed by atoms with van der Waals surface area (Å²) in [7, 11) is 0. The summed E-state index contributed by atoms with van der Waals surface area (Å²) in [5.41, 5.74) is 0.244. The van der Waals surface area contributed by atoms with Gasteiger partial charge in [-0.25, -0.2) is 0 Å². The topological polar surface area (TPSA) is 133 Å². The molecule has 0 unspecified atom stereocenters. The van der Waals surface area contributed by atoms with Gasteiger partial charge in [0, 0.05) is 26.3 Å². The molecule has 11 nitrogen and oxygen atoms in total. The number of rotatable bonds is 7. The van der Waals surface area contributed by atoms with E-state index in [1.54, 1.807) is 6.92 Å². The fourth-order valence-corrected chi connectivity index (χ4v) is 3.53. The molecule has 0 N–H and O–H groups in total. The highest BCUT2D eigenvalue weighted by atomic mass is 16.8. The van der Waals surface area contributed by atoms with E-state index in [2.05, 4.69) is 0 Å². The quantitative estimate of drug-likeness (QED) is 0.335. The number of hydrogen-bond donors (Lipinski definition) is 0. The predicted octanol–water partition coefficient (Wildman–Crippen LogP) is 1.15. The molecule has 2 heterocycles. The number of benzene rings is 1. The Kier molecular flexibility index (Phi) is 7.12. The van der Waals surface area contributed by atoms with Crippen LogP contribution in [0.25, 0.3) is 0 Å². The number of ether oxygens (including phenoxy) is 7. The van der Waals surface area contributed by atoms with Crippen LogP contribution in [0.5, 0.6) is 11.5 Å². The van der Waals surface area contributed by atoms with Crippen molar-refractivity contribution in [3.05, 3.63) is 23.8 Å². The summed E-state index contributed by atoms with van der Waals surface area (Å²) in [6.45, 7) is 5.76. The van der Waals surface area contributed by atoms with E-state index in [4.69, 9.17) is 33.2 Å². The number of carbonyl (C=O) groups excluding carboxylic acids is 4. The van der Waals surface area contributed by atoms with Crippen LogP contribution in [-0.2, 0) is 38.1 Å². The summed E-state index contributed by atoms with van der Waals surface area (Å²) in [5, 5.41) is 0. The summed E-state index contributed by atoms with van der Waals surface area (Å²) in [6, 6.07) is 4.15. The van der Waals surface area contributed by atoms with Gasteiger partial charge >= 0.3 is 17.9 Å².